The molecule has 0 radical (unpaired) electrons. The fourth-order valence-corrected chi connectivity index (χ4v) is 2.47. The molecule has 1 aliphatic heterocycles. The molecular weight excluding hydrogens is 188 g/mol. The summed E-state index contributed by atoms with van der Waals surface area (Å²) >= 11 is 0. The van der Waals surface area contributed by atoms with E-state index in [1.165, 1.54) is 0 Å². The third-order valence-corrected chi connectivity index (χ3v) is 3.30. The van der Waals surface area contributed by atoms with Crippen molar-refractivity contribution in [2.75, 3.05) is 0 Å². The summed E-state index contributed by atoms with van der Waals surface area (Å²) in [7, 11) is 0. The molecule has 0 amide bonds. The van der Waals surface area contributed by atoms with Crippen LogP contribution in [0, 0.1) is 5.92 Å². The maximum absolute atomic E-state index is 11.8. The predicted octanol–water partition coefficient (Wildman–Crippen LogP) is 2.99. The molecule has 1 heterocycles. The Morgan fingerprint density at radius 3 is 2.87 bits per heavy atom. The van der Waals surface area contributed by atoms with Crippen LogP contribution in [0.15, 0.2) is 23.5 Å². The Morgan fingerprint density at radius 1 is 1.47 bits per heavy atom. The fourth-order valence-electron chi connectivity index (χ4n) is 2.47. The van der Waals surface area contributed by atoms with Gasteiger partial charge in [-0.15, -0.1) is 0 Å². The summed E-state index contributed by atoms with van der Waals surface area (Å²) in [6, 6.07) is 0. The van der Waals surface area contributed by atoms with E-state index in [4.69, 9.17) is 4.74 Å². The van der Waals surface area contributed by atoms with E-state index in [9.17, 15) is 4.79 Å². The van der Waals surface area contributed by atoms with Crippen molar-refractivity contribution in [3.8, 4) is 0 Å². The number of carbonyl (C=O) groups is 1. The molecule has 0 fully saturated rings. The molecule has 0 saturated heterocycles. The van der Waals surface area contributed by atoms with Gasteiger partial charge in [0.05, 0.1) is 0 Å². The average molecular weight is 206 g/mol. The van der Waals surface area contributed by atoms with Crippen LogP contribution in [0.1, 0.15) is 39.5 Å². The summed E-state index contributed by atoms with van der Waals surface area (Å²) in [5.74, 6) is 1.57. The Kier molecular flexibility index (Phi) is 2.68. The summed E-state index contributed by atoms with van der Waals surface area (Å²) in [4.78, 5) is 11.8. The van der Waals surface area contributed by atoms with Gasteiger partial charge < -0.3 is 4.74 Å². The lowest BCUT2D eigenvalue weighted by atomic mass is 9.82. The number of rotatable bonds is 1. The zero-order chi connectivity index (χ0) is 11.0. The van der Waals surface area contributed by atoms with Gasteiger partial charge in [0.25, 0.3) is 0 Å². The normalized spacial score (nSPS) is 30.9. The van der Waals surface area contributed by atoms with Crippen molar-refractivity contribution in [3.63, 3.8) is 0 Å². The summed E-state index contributed by atoms with van der Waals surface area (Å²) < 4.78 is 5.85. The fraction of sp³-hybridized carbons (Fsp3) is 0.615. The van der Waals surface area contributed by atoms with E-state index < -0.39 is 0 Å². The zero-order valence-corrected chi connectivity index (χ0v) is 9.51. The first-order chi connectivity index (χ1) is 7.09. The van der Waals surface area contributed by atoms with Crippen LogP contribution in [0.5, 0.6) is 0 Å². The van der Waals surface area contributed by atoms with E-state index >= 15 is 0 Å². The highest BCUT2D eigenvalue weighted by Gasteiger charge is 2.33. The van der Waals surface area contributed by atoms with Gasteiger partial charge in [-0.05, 0) is 31.3 Å². The number of hydrogen-bond acceptors (Lipinski definition) is 2. The number of ketones is 1. The van der Waals surface area contributed by atoms with Crippen molar-refractivity contribution in [2.45, 2.75) is 45.6 Å². The molecule has 1 aliphatic carbocycles. The highest BCUT2D eigenvalue weighted by Crippen LogP contribution is 2.37. The smallest absolute Gasteiger partial charge is 0.162 e. The van der Waals surface area contributed by atoms with E-state index in [1.54, 1.807) is 0 Å². The summed E-state index contributed by atoms with van der Waals surface area (Å²) in [5, 5.41) is 0. The van der Waals surface area contributed by atoms with Crippen LogP contribution >= 0.6 is 0 Å². The SMILES string of the molecule is C=C(C)C1CC(C)C2=C(CCCC2=O)O1. The van der Waals surface area contributed by atoms with Crippen LogP contribution in [0.4, 0.5) is 0 Å². The maximum atomic E-state index is 11.8. The standard InChI is InChI=1S/C13H18O2/c1-8(2)12-7-9(3)13-10(14)5-4-6-11(13)15-12/h9,12H,1,4-7H2,2-3H3. The van der Waals surface area contributed by atoms with Gasteiger partial charge in [-0.2, -0.15) is 0 Å². The van der Waals surface area contributed by atoms with Crippen LogP contribution in [0.3, 0.4) is 0 Å². The predicted molar refractivity (Wildman–Crippen MR) is 59.4 cm³/mol. The molecule has 2 rings (SSSR count). The van der Waals surface area contributed by atoms with Crippen LogP contribution in [-0.2, 0) is 9.53 Å². The number of hydrogen-bond donors (Lipinski definition) is 0. The monoisotopic (exact) mass is 206 g/mol. The van der Waals surface area contributed by atoms with Gasteiger partial charge in [0.2, 0.25) is 0 Å². The molecule has 15 heavy (non-hydrogen) atoms. The van der Waals surface area contributed by atoms with Crippen molar-refractivity contribution >= 4 is 5.78 Å². The van der Waals surface area contributed by atoms with Gasteiger partial charge in [-0.25, -0.2) is 0 Å². The van der Waals surface area contributed by atoms with E-state index in [1.807, 2.05) is 6.92 Å². The van der Waals surface area contributed by atoms with Crippen molar-refractivity contribution < 1.29 is 9.53 Å². The molecule has 2 nitrogen and oxygen atoms in total. The van der Waals surface area contributed by atoms with Gasteiger partial charge in [-0.1, -0.05) is 13.5 Å². The molecule has 0 aromatic heterocycles. The van der Waals surface area contributed by atoms with Crippen LogP contribution < -0.4 is 0 Å². The number of Topliss-reactive ketones (excluding diaryl/α,β-unsaturated/α-hetero) is 1. The van der Waals surface area contributed by atoms with Crippen LogP contribution in [0.25, 0.3) is 0 Å². The second-order valence-electron chi connectivity index (χ2n) is 4.70. The molecule has 2 unspecified atom stereocenters. The molecule has 82 valence electrons. The minimum absolute atomic E-state index is 0.115. The molecule has 0 spiro atoms. The van der Waals surface area contributed by atoms with E-state index in [0.717, 1.165) is 36.2 Å². The van der Waals surface area contributed by atoms with E-state index in [-0.39, 0.29) is 6.10 Å². The molecule has 0 aromatic carbocycles. The second-order valence-corrected chi connectivity index (χ2v) is 4.70. The quantitative estimate of drug-likeness (QED) is 0.616. The van der Waals surface area contributed by atoms with Crippen molar-refractivity contribution in [2.24, 2.45) is 5.92 Å². The first kappa shape index (κ1) is 10.5. The third kappa shape index (κ3) is 1.85. The topological polar surface area (TPSA) is 26.3 Å². The van der Waals surface area contributed by atoms with Crippen LogP contribution in [0.2, 0.25) is 0 Å². The lowest BCUT2D eigenvalue weighted by Crippen LogP contribution is -2.30. The number of carbonyl (C=O) groups excluding carboxylic acids is 1. The summed E-state index contributed by atoms with van der Waals surface area (Å²) in [6.07, 6.45) is 3.58. The first-order valence-electron chi connectivity index (χ1n) is 5.68. The van der Waals surface area contributed by atoms with E-state index in [2.05, 4.69) is 13.5 Å². The number of ether oxygens (including phenoxy) is 1. The average Bonchev–Trinajstić information content (AvgIpc) is 2.17. The molecule has 0 bridgehead atoms. The lowest BCUT2D eigenvalue weighted by Gasteiger charge is -2.34. The van der Waals surface area contributed by atoms with Gasteiger partial charge in [-0.3, -0.25) is 4.79 Å². The Labute approximate surface area is 91.0 Å². The molecule has 0 aromatic rings. The molecule has 0 saturated carbocycles. The molecule has 2 atom stereocenters. The maximum Gasteiger partial charge on any atom is 0.162 e. The molecular formula is C13H18O2. The third-order valence-electron chi connectivity index (χ3n) is 3.30. The minimum Gasteiger partial charge on any atom is -0.490 e. The zero-order valence-electron chi connectivity index (χ0n) is 9.51. The second kappa shape index (κ2) is 3.84. The van der Waals surface area contributed by atoms with Gasteiger partial charge in [0, 0.05) is 18.4 Å². The van der Waals surface area contributed by atoms with Crippen molar-refractivity contribution in [1.29, 1.82) is 0 Å². The highest BCUT2D eigenvalue weighted by atomic mass is 16.5. The Bertz CT molecular complexity index is 338. The Morgan fingerprint density at radius 2 is 2.20 bits per heavy atom. The molecule has 2 heteroatoms. The first-order valence-corrected chi connectivity index (χ1v) is 5.68. The number of allylic oxidation sites excluding steroid dienone is 2. The molecule has 0 N–H and O–H groups in total. The van der Waals surface area contributed by atoms with Crippen molar-refractivity contribution in [1.82, 2.24) is 0 Å². The largest absolute Gasteiger partial charge is 0.490 e. The Balaban J connectivity index is 2.28. The van der Waals surface area contributed by atoms with Gasteiger partial charge >= 0.3 is 0 Å². The van der Waals surface area contributed by atoms with Gasteiger partial charge in [0.1, 0.15) is 11.9 Å². The summed E-state index contributed by atoms with van der Waals surface area (Å²) in [5.41, 5.74) is 2.02. The highest BCUT2D eigenvalue weighted by molar-refractivity contribution is 5.97. The summed E-state index contributed by atoms with van der Waals surface area (Å²) in [6.45, 7) is 8.05. The Hall–Kier alpha value is -1.05. The van der Waals surface area contributed by atoms with Gasteiger partial charge in [0.15, 0.2) is 5.78 Å². The minimum atomic E-state index is 0.115. The molecule has 2 aliphatic rings. The van der Waals surface area contributed by atoms with E-state index in [0.29, 0.717) is 18.1 Å². The van der Waals surface area contributed by atoms with Crippen LogP contribution in [-0.4, -0.2) is 11.9 Å². The lowest BCUT2D eigenvalue weighted by molar-refractivity contribution is -0.117. The van der Waals surface area contributed by atoms with Crippen molar-refractivity contribution in [3.05, 3.63) is 23.5 Å².